The number of hydrogen-bond donors (Lipinski definition) is 1. The fourth-order valence-corrected chi connectivity index (χ4v) is 1.55. The monoisotopic (exact) mass is 303 g/mol. The van der Waals surface area contributed by atoms with Crippen LogP contribution in [0.2, 0.25) is 0 Å². The molecule has 0 spiro atoms. The van der Waals surface area contributed by atoms with E-state index < -0.39 is 16.6 Å². The minimum Gasteiger partial charge on any atom is -0.444 e. The number of nitro groups is 1. The van der Waals surface area contributed by atoms with Gasteiger partial charge in [0.05, 0.1) is 4.92 Å². The van der Waals surface area contributed by atoms with Gasteiger partial charge in [0.25, 0.3) is 5.69 Å². The second-order valence-electron chi connectivity index (χ2n) is 5.43. The molecule has 0 aliphatic carbocycles. The average Bonchev–Trinajstić information content (AvgIpc) is 2.41. The molecule has 0 aliphatic heterocycles. The van der Waals surface area contributed by atoms with E-state index in [1.54, 1.807) is 45.1 Å². The number of nitriles is 1. The summed E-state index contributed by atoms with van der Waals surface area (Å²) >= 11 is 0. The van der Waals surface area contributed by atoms with Crippen molar-refractivity contribution in [1.82, 2.24) is 5.32 Å². The van der Waals surface area contributed by atoms with Crippen molar-refractivity contribution in [2.75, 3.05) is 6.54 Å². The molecule has 0 radical (unpaired) electrons. The van der Waals surface area contributed by atoms with Gasteiger partial charge in [-0.05, 0) is 32.4 Å². The van der Waals surface area contributed by atoms with Crippen LogP contribution < -0.4 is 5.32 Å². The number of benzene rings is 1. The van der Waals surface area contributed by atoms with Crippen LogP contribution in [0.5, 0.6) is 0 Å². The van der Waals surface area contributed by atoms with E-state index in [0.29, 0.717) is 5.56 Å². The lowest BCUT2D eigenvalue weighted by Gasteiger charge is -2.19. The number of rotatable bonds is 4. The molecule has 1 aromatic rings. The number of nitro benzene ring substituents is 1. The number of hydrogen-bond acceptors (Lipinski definition) is 5. The quantitative estimate of drug-likeness (QED) is 0.680. The predicted molar refractivity (Wildman–Crippen MR) is 81.1 cm³/mol. The van der Waals surface area contributed by atoms with Gasteiger partial charge in [-0.1, -0.05) is 18.2 Å². The molecule has 116 valence electrons. The molecule has 0 heterocycles. The molecule has 7 nitrogen and oxygen atoms in total. The Morgan fingerprint density at radius 1 is 1.50 bits per heavy atom. The average molecular weight is 303 g/mol. The van der Waals surface area contributed by atoms with Gasteiger partial charge in [0.2, 0.25) is 0 Å². The number of carbonyl (C=O) groups is 1. The topological polar surface area (TPSA) is 105 Å². The smallest absolute Gasteiger partial charge is 0.407 e. The Hall–Kier alpha value is -2.88. The molecule has 0 fully saturated rings. The van der Waals surface area contributed by atoms with Crippen LogP contribution in [0.3, 0.4) is 0 Å². The normalized spacial score (nSPS) is 11.0. The highest BCUT2D eigenvalue weighted by atomic mass is 16.6. The van der Waals surface area contributed by atoms with Gasteiger partial charge in [0.1, 0.15) is 17.2 Å². The van der Waals surface area contributed by atoms with Crippen LogP contribution in [0.1, 0.15) is 31.9 Å². The number of amides is 1. The van der Waals surface area contributed by atoms with Crippen LogP contribution >= 0.6 is 0 Å². The Kier molecular flexibility index (Phi) is 5.64. The summed E-state index contributed by atoms with van der Waals surface area (Å²) in [6, 6.07) is 6.06. The molecule has 7 heteroatoms. The molecule has 22 heavy (non-hydrogen) atoms. The maximum absolute atomic E-state index is 11.4. The summed E-state index contributed by atoms with van der Waals surface area (Å²) in [6.45, 7) is 5.51. The van der Waals surface area contributed by atoms with Gasteiger partial charge in [-0.25, -0.2) is 4.79 Å². The first-order chi connectivity index (χ1) is 10.2. The minimum absolute atomic E-state index is 0.00836. The van der Waals surface area contributed by atoms with E-state index >= 15 is 0 Å². The highest BCUT2D eigenvalue weighted by molar-refractivity contribution is 5.68. The Balaban J connectivity index is 2.65. The van der Waals surface area contributed by atoms with Crippen molar-refractivity contribution in [1.29, 1.82) is 5.26 Å². The van der Waals surface area contributed by atoms with Crippen LogP contribution in [-0.4, -0.2) is 23.2 Å². The Bertz CT molecular complexity index is 639. The summed E-state index contributed by atoms with van der Waals surface area (Å²) in [5, 5.41) is 22.2. The number of carbonyl (C=O) groups excluding carboxylic acids is 1. The van der Waals surface area contributed by atoms with Crippen LogP contribution in [0, 0.1) is 21.4 Å². The van der Waals surface area contributed by atoms with Gasteiger partial charge in [0, 0.05) is 12.6 Å². The number of nitrogens with zero attached hydrogens (tertiary/aromatic N) is 2. The van der Waals surface area contributed by atoms with Crippen LogP contribution in [-0.2, 0) is 4.74 Å². The van der Waals surface area contributed by atoms with Crippen molar-refractivity contribution in [3.63, 3.8) is 0 Å². The zero-order chi connectivity index (χ0) is 16.8. The summed E-state index contributed by atoms with van der Waals surface area (Å²) in [7, 11) is 0. The highest BCUT2D eigenvalue weighted by Crippen LogP contribution is 2.20. The van der Waals surface area contributed by atoms with Gasteiger partial charge in [-0.3, -0.25) is 10.1 Å². The van der Waals surface area contributed by atoms with Crippen molar-refractivity contribution < 1.29 is 14.5 Å². The molecule has 0 unspecified atom stereocenters. The minimum atomic E-state index is -0.602. The molecule has 1 N–H and O–H groups in total. The number of alkyl carbamates (subject to hydrolysis) is 1. The van der Waals surface area contributed by atoms with Crippen LogP contribution in [0.15, 0.2) is 24.3 Å². The molecule has 0 atom stereocenters. The van der Waals surface area contributed by atoms with E-state index in [1.807, 2.05) is 0 Å². The van der Waals surface area contributed by atoms with Gasteiger partial charge in [0.15, 0.2) is 0 Å². The zero-order valence-electron chi connectivity index (χ0n) is 12.6. The third-order valence-electron chi connectivity index (χ3n) is 2.41. The lowest BCUT2D eigenvalue weighted by molar-refractivity contribution is -0.385. The molecule has 0 bridgehead atoms. The second kappa shape index (κ2) is 7.22. The zero-order valence-corrected chi connectivity index (χ0v) is 12.6. The second-order valence-corrected chi connectivity index (χ2v) is 5.43. The summed E-state index contributed by atoms with van der Waals surface area (Å²) in [4.78, 5) is 21.6. The Labute approximate surface area is 128 Å². The first-order valence-corrected chi connectivity index (χ1v) is 6.55. The fourth-order valence-electron chi connectivity index (χ4n) is 1.55. The van der Waals surface area contributed by atoms with Crippen molar-refractivity contribution in [3.05, 3.63) is 45.5 Å². The summed E-state index contributed by atoms with van der Waals surface area (Å²) in [5.74, 6) is 0. The molecule has 0 aromatic heterocycles. The van der Waals surface area contributed by atoms with E-state index in [1.165, 1.54) is 12.1 Å². The summed E-state index contributed by atoms with van der Waals surface area (Å²) in [6.07, 6.45) is 2.71. The largest absolute Gasteiger partial charge is 0.444 e. The maximum atomic E-state index is 11.4. The molecule has 1 aromatic carbocycles. The highest BCUT2D eigenvalue weighted by Gasteiger charge is 2.15. The van der Waals surface area contributed by atoms with Gasteiger partial charge < -0.3 is 10.1 Å². The van der Waals surface area contributed by atoms with Gasteiger partial charge in [-0.15, -0.1) is 0 Å². The van der Waals surface area contributed by atoms with E-state index in [2.05, 4.69) is 5.32 Å². The van der Waals surface area contributed by atoms with E-state index in [4.69, 9.17) is 10.00 Å². The lowest BCUT2D eigenvalue weighted by Crippen LogP contribution is -2.32. The molecule has 1 amide bonds. The van der Waals surface area contributed by atoms with E-state index in [0.717, 1.165) is 0 Å². The molecule has 1 rings (SSSR count). The number of nitrogens with one attached hydrogen (secondary N) is 1. The van der Waals surface area contributed by atoms with E-state index in [-0.39, 0.29) is 17.8 Å². The summed E-state index contributed by atoms with van der Waals surface area (Å²) in [5.41, 5.74) is -0.239. The Morgan fingerprint density at radius 3 is 2.73 bits per heavy atom. The first kappa shape index (κ1) is 17.2. The third-order valence-corrected chi connectivity index (χ3v) is 2.41. The molecule has 0 saturated carbocycles. The van der Waals surface area contributed by atoms with Crippen molar-refractivity contribution >= 4 is 17.9 Å². The fraction of sp³-hybridized carbons (Fsp3) is 0.333. The maximum Gasteiger partial charge on any atom is 0.407 e. The van der Waals surface area contributed by atoms with Crippen molar-refractivity contribution in [2.45, 2.75) is 26.4 Å². The predicted octanol–water partition coefficient (Wildman–Crippen LogP) is 3.00. The SMILES string of the molecule is CC(C)(C)OC(=O)NCC=Cc1ccc(C#N)c([N+](=O)[O-])c1. The molecular weight excluding hydrogens is 286 g/mol. The van der Waals surface area contributed by atoms with Crippen LogP contribution in [0.4, 0.5) is 10.5 Å². The third kappa shape index (κ3) is 5.63. The van der Waals surface area contributed by atoms with Crippen molar-refractivity contribution in [3.8, 4) is 6.07 Å². The molecular formula is C15H17N3O4. The van der Waals surface area contributed by atoms with Crippen LogP contribution in [0.25, 0.3) is 6.08 Å². The van der Waals surface area contributed by atoms with Gasteiger partial charge >= 0.3 is 6.09 Å². The number of ether oxygens (including phenoxy) is 1. The van der Waals surface area contributed by atoms with Crippen molar-refractivity contribution in [2.24, 2.45) is 0 Å². The lowest BCUT2D eigenvalue weighted by atomic mass is 10.1. The van der Waals surface area contributed by atoms with Gasteiger partial charge in [-0.2, -0.15) is 5.26 Å². The van der Waals surface area contributed by atoms with E-state index in [9.17, 15) is 14.9 Å². The summed E-state index contributed by atoms with van der Waals surface area (Å²) < 4.78 is 5.06. The molecule has 0 saturated heterocycles. The first-order valence-electron chi connectivity index (χ1n) is 6.55. The molecule has 0 aliphatic rings. The Morgan fingerprint density at radius 2 is 2.18 bits per heavy atom. The standard InChI is InChI=1S/C15H17N3O4/c1-15(2,3)22-14(19)17-8-4-5-11-6-7-12(10-16)13(9-11)18(20)21/h4-7,9H,8H2,1-3H3,(H,17,19).